The van der Waals surface area contributed by atoms with Crippen molar-refractivity contribution in [1.29, 1.82) is 0 Å². The lowest BCUT2D eigenvalue weighted by Gasteiger charge is -2.33. The largest absolute Gasteiger partial charge is 0.507 e. The molecule has 5 aromatic rings. The van der Waals surface area contributed by atoms with E-state index in [-0.39, 0.29) is 17.5 Å². The van der Waals surface area contributed by atoms with E-state index in [1.54, 1.807) is 4.90 Å². The van der Waals surface area contributed by atoms with Crippen LogP contribution >= 0.6 is 11.3 Å². The fraction of sp³-hybridized carbons (Fsp3) is 0.242. The van der Waals surface area contributed by atoms with Crippen LogP contribution in [0.1, 0.15) is 23.7 Å². The Morgan fingerprint density at radius 2 is 1.93 bits per heavy atom. The smallest absolute Gasteiger partial charge is 0.246 e. The third-order valence-electron chi connectivity index (χ3n) is 8.44. The molecule has 2 aliphatic heterocycles. The molecule has 1 N–H and O–H groups in total. The molecule has 0 bridgehead atoms. The van der Waals surface area contributed by atoms with Gasteiger partial charge >= 0.3 is 0 Å². The van der Waals surface area contributed by atoms with E-state index >= 15 is 4.39 Å². The molecular formula is C33H29F2N5O2S. The van der Waals surface area contributed by atoms with Crippen molar-refractivity contribution in [2.24, 2.45) is 0 Å². The summed E-state index contributed by atoms with van der Waals surface area (Å²) in [6.07, 6.45) is 2.23. The Bertz CT molecular complexity index is 1920. The van der Waals surface area contributed by atoms with E-state index in [9.17, 15) is 14.3 Å². The summed E-state index contributed by atoms with van der Waals surface area (Å²) in [6, 6.07) is 11.8. The summed E-state index contributed by atoms with van der Waals surface area (Å²) < 4.78 is 32.2. The van der Waals surface area contributed by atoms with Gasteiger partial charge in [0.05, 0.1) is 30.0 Å². The number of amides is 1. The number of phenolic OH excluding ortho intramolecular Hbond substituents is 1. The SMILES string of the molecule is C=CC(=O)N1Cc2cc(-c3nc(-c4ccc5c(c4)CCN(C)C5)c4ccsc4c3-c3c(O)cc(F)cc3F)nn2C[C@H]1C. The molecule has 218 valence electrons. The van der Waals surface area contributed by atoms with Gasteiger partial charge in [0.2, 0.25) is 5.91 Å². The minimum absolute atomic E-state index is 0.110. The molecule has 0 radical (unpaired) electrons. The standard InChI is InChI=1S/C33H29F2N5O2S/c1-4-28(42)39-17-23-14-26(37-40(23)15-18(39)2)32-30(29-25(35)12-22(34)13-27(29)41)33-24(8-10-43-33)31(36-32)20-5-6-21-16-38(3)9-7-19(21)11-20/h4-6,8,10-14,18,41H,1,7,9,15-17H2,2-3H3/t18-/m1/s1. The second kappa shape index (κ2) is 10.4. The van der Waals surface area contributed by atoms with Gasteiger partial charge in [0.1, 0.15) is 28.8 Å². The molecule has 3 aromatic heterocycles. The molecule has 0 spiro atoms. The molecule has 0 aliphatic carbocycles. The van der Waals surface area contributed by atoms with E-state index in [1.165, 1.54) is 28.5 Å². The van der Waals surface area contributed by atoms with Gasteiger partial charge in [0.15, 0.2) is 0 Å². The average Bonchev–Trinajstić information content (AvgIpc) is 3.63. The Morgan fingerprint density at radius 3 is 2.72 bits per heavy atom. The van der Waals surface area contributed by atoms with Gasteiger partial charge < -0.3 is 14.9 Å². The summed E-state index contributed by atoms with van der Waals surface area (Å²) in [4.78, 5) is 21.7. The molecule has 0 unspecified atom stereocenters. The van der Waals surface area contributed by atoms with Gasteiger partial charge in [0, 0.05) is 52.5 Å². The number of phenols is 1. The van der Waals surface area contributed by atoms with Gasteiger partial charge in [-0.05, 0) is 61.2 Å². The van der Waals surface area contributed by atoms with Gasteiger partial charge in [-0.25, -0.2) is 13.8 Å². The number of carbonyl (C=O) groups is 1. The molecule has 2 aromatic carbocycles. The molecule has 2 aliphatic rings. The highest BCUT2D eigenvalue weighted by molar-refractivity contribution is 7.18. The van der Waals surface area contributed by atoms with Crippen molar-refractivity contribution in [2.45, 2.75) is 39.0 Å². The highest BCUT2D eigenvalue weighted by Crippen LogP contribution is 2.47. The number of nitrogens with zero attached hydrogens (tertiary/aromatic N) is 5. The predicted octanol–water partition coefficient (Wildman–Crippen LogP) is 6.38. The topological polar surface area (TPSA) is 74.5 Å². The third-order valence-corrected chi connectivity index (χ3v) is 9.37. The normalized spacial score (nSPS) is 16.7. The van der Waals surface area contributed by atoms with Gasteiger partial charge in [-0.3, -0.25) is 9.48 Å². The summed E-state index contributed by atoms with van der Waals surface area (Å²) in [5, 5.41) is 18.5. The number of likely N-dealkylation sites (N-methyl/N-ethyl adjacent to an activating group) is 1. The summed E-state index contributed by atoms with van der Waals surface area (Å²) in [7, 11) is 2.11. The van der Waals surface area contributed by atoms with Gasteiger partial charge in [-0.15, -0.1) is 11.3 Å². The molecule has 1 amide bonds. The number of hydrogen-bond acceptors (Lipinski definition) is 6. The number of hydrogen-bond donors (Lipinski definition) is 1. The van der Waals surface area contributed by atoms with E-state index in [0.29, 0.717) is 34.7 Å². The van der Waals surface area contributed by atoms with E-state index in [2.05, 4.69) is 36.7 Å². The zero-order valence-electron chi connectivity index (χ0n) is 23.8. The van der Waals surface area contributed by atoms with Crippen molar-refractivity contribution in [3.63, 3.8) is 0 Å². The lowest BCUT2D eigenvalue weighted by atomic mass is 9.93. The highest BCUT2D eigenvalue weighted by Gasteiger charge is 2.30. The Labute approximate surface area is 251 Å². The maximum atomic E-state index is 15.5. The molecule has 7 rings (SSSR count). The maximum absolute atomic E-state index is 15.5. The summed E-state index contributed by atoms with van der Waals surface area (Å²) in [5.74, 6) is -2.44. The number of thiophene rings is 1. The van der Waals surface area contributed by atoms with Crippen molar-refractivity contribution < 1.29 is 18.7 Å². The van der Waals surface area contributed by atoms with Crippen LogP contribution in [-0.2, 0) is 30.8 Å². The molecular weight excluding hydrogens is 568 g/mol. The number of rotatable bonds is 4. The summed E-state index contributed by atoms with van der Waals surface area (Å²) >= 11 is 1.40. The monoisotopic (exact) mass is 597 g/mol. The van der Waals surface area contributed by atoms with Crippen LogP contribution in [0, 0.1) is 11.6 Å². The molecule has 0 fully saturated rings. The van der Waals surface area contributed by atoms with Crippen molar-refractivity contribution in [2.75, 3.05) is 13.6 Å². The van der Waals surface area contributed by atoms with Gasteiger partial charge in [0.25, 0.3) is 0 Å². The Balaban J connectivity index is 1.47. The first-order valence-corrected chi connectivity index (χ1v) is 15.0. The van der Waals surface area contributed by atoms with Crippen LogP contribution in [-0.4, -0.2) is 55.2 Å². The zero-order chi connectivity index (χ0) is 30.0. The number of halogens is 2. The van der Waals surface area contributed by atoms with Crippen LogP contribution in [0.4, 0.5) is 8.78 Å². The van der Waals surface area contributed by atoms with Crippen molar-refractivity contribution in [1.82, 2.24) is 24.6 Å². The number of benzene rings is 2. The van der Waals surface area contributed by atoms with Gasteiger partial charge in [-0.2, -0.15) is 5.10 Å². The van der Waals surface area contributed by atoms with E-state index in [4.69, 9.17) is 10.1 Å². The van der Waals surface area contributed by atoms with E-state index in [1.807, 2.05) is 29.1 Å². The first-order chi connectivity index (χ1) is 20.7. The van der Waals surface area contributed by atoms with Crippen LogP contribution in [0.15, 0.2) is 60.5 Å². The van der Waals surface area contributed by atoms with Crippen LogP contribution < -0.4 is 0 Å². The number of fused-ring (bicyclic) bond motifs is 3. The van der Waals surface area contributed by atoms with E-state index in [0.717, 1.165) is 54.0 Å². The van der Waals surface area contributed by atoms with Gasteiger partial charge in [-0.1, -0.05) is 18.7 Å². The highest BCUT2D eigenvalue weighted by atomic mass is 32.1. The quantitative estimate of drug-likeness (QED) is 0.243. The van der Waals surface area contributed by atoms with Crippen molar-refractivity contribution >= 4 is 27.3 Å². The summed E-state index contributed by atoms with van der Waals surface area (Å²) in [5.41, 5.74) is 6.08. The Morgan fingerprint density at radius 1 is 1.09 bits per heavy atom. The van der Waals surface area contributed by atoms with Crippen LogP contribution in [0.3, 0.4) is 0 Å². The van der Waals surface area contributed by atoms with Crippen molar-refractivity contribution in [3.05, 3.63) is 89.0 Å². The number of aromatic nitrogens is 3. The average molecular weight is 598 g/mol. The number of pyridine rings is 1. The molecule has 1 atom stereocenters. The van der Waals surface area contributed by atoms with Crippen LogP contribution in [0.2, 0.25) is 0 Å². The first-order valence-electron chi connectivity index (χ1n) is 14.1. The fourth-order valence-corrected chi connectivity index (χ4v) is 7.21. The fourth-order valence-electron chi connectivity index (χ4n) is 6.26. The van der Waals surface area contributed by atoms with Crippen LogP contribution in [0.5, 0.6) is 5.75 Å². The zero-order valence-corrected chi connectivity index (χ0v) is 24.6. The minimum Gasteiger partial charge on any atom is -0.507 e. The molecule has 5 heterocycles. The van der Waals surface area contributed by atoms with E-state index < -0.39 is 17.4 Å². The van der Waals surface area contributed by atoms with Crippen molar-refractivity contribution in [3.8, 4) is 39.5 Å². The Kier molecular flexibility index (Phi) is 6.63. The lowest BCUT2D eigenvalue weighted by Crippen LogP contribution is -2.44. The molecule has 43 heavy (non-hydrogen) atoms. The minimum atomic E-state index is -0.888. The maximum Gasteiger partial charge on any atom is 0.246 e. The predicted molar refractivity (Wildman–Crippen MR) is 164 cm³/mol. The number of carbonyl (C=O) groups excluding carboxylic acids is 1. The Hall–Kier alpha value is -4.41. The third kappa shape index (κ3) is 4.61. The lowest BCUT2D eigenvalue weighted by molar-refractivity contribution is -0.129. The number of aromatic hydroxyl groups is 1. The summed E-state index contributed by atoms with van der Waals surface area (Å²) in [6.45, 7) is 8.23. The second-order valence-corrected chi connectivity index (χ2v) is 12.2. The second-order valence-electron chi connectivity index (χ2n) is 11.3. The molecule has 10 heteroatoms. The van der Waals surface area contributed by atoms with Crippen LogP contribution in [0.25, 0.3) is 43.9 Å². The molecule has 0 saturated carbocycles. The first kappa shape index (κ1) is 27.4. The molecule has 7 nitrogen and oxygen atoms in total. The molecule has 0 saturated heterocycles.